The van der Waals surface area contributed by atoms with Crippen LogP contribution in [0.5, 0.6) is 0 Å². The number of rotatable bonds is 1. The molecule has 0 heterocycles. The third-order valence-corrected chi connectivity index (χ3v) is 1.68. The monoisotopic (exact) mass is 161 g/mol. The lowest BCUT2D eigenvalue weighted by atomic mass is 9.79. The average molecular weight is 161 g/mol. The first kappa shape index (κ1) is 8.79. The van der Waals surface area contributed by atoms with Gasteiger partial charge in [-0.3, -0.25) is 0 Å². The van der Waals surface area contributed by atoms with Crippen molar-refractivity contribution in [2.75, 3.05) is 0 Å². The lowest BCUT2D eigenvalue weighted by Crippen LogP contribution is -2.29. The van der Waals surface area contributed by atoms with Crippen LogP contribution in [0.25, 0.3) is 0 Å². The number of hydrogen-bond acceptors (Lipinski definition) is 3. The maximum absolute atomic E-state index is 8.78. The van der Waals surface area contributed by atoms with E-state index in [9.17, 15) is 0 Å². The van der Waals surface area contributed by atoms with Crippen LogP contribution in [-0.2, 0) is 0 Å². The molecular formula is C8H8BNO2. The van der Waals surface area contributed by atoms with Gasteiger partial charge < -0.3 is 10.0 Å². The second-order valence-electron chi connectivity index (χ2n) is 2.56. The van der Waals surface area contributed by atoms with E-state index in [4.69, 9.17) is 15.3 Å². The Kier molecular flexibility index (Phi) is 2.49. The molecule has 0 amide bonds. The van der Waals surface area contributed by atoms with Crippen molar-refractivity contribution in [3.8, 4) is 6.07 Å². The molecule has 0 spiro atoms. The van der Waals surface area contributed by atoms with Gasteiger partial charge in [-0.15, -0.1) is 0 Å². The first-order valence-corrected chi connectivity index (χ1v) is 3.52. The molecule has 1 aromatic rings. The average Bonchev–Trinajstić information content (AvgIpc) is 2.05. The topological polar surface area (TPSA) is 64.2 Å². The number of aryl methyl sites for hydroxylation is 1. The number of hydrogen-bond donors (Lipinski definition) is 2. The van der Waals surface area contributed by atoms with Gasteiger partial charge in [0.1, 0.15) is 0 Å². The summed E-state index contributed by atoms with van der Waals surface area (Å²) in [6, 6.07) is 6.71. The van der Waals surface area contributed by atoms with Gasteiger partial charge in [0, 0.05) is 0 Å². The molecule has 0 fully saturated rings. The molecule has 12 heavy (non-hydrogen) atoms. The highest BCUT2D eigenvalue weighted by Gasteiger charge is 2.11. The number of benzene rings is 1. The van der Waals surface area contributed by atoms with Crippen LogP contribution >= 0.6 is 0 Å². The third-order valence-electron chi connectivity index (χ3n) is 1.68. The molecule has 0 atom stereocenters. The minimum absolute atomic E-state index is 0.345. The van der Waals surface area contributed by atoms with E-state index >= 15 is 0 Å². The minimum Gasteiger partial charge on any atom is -0.423 e. The standard InChI is InChI=1S/C8H8BNO2/c1-6-2-3-8(9(11)12)4-7(6)5-10/h2-4,11-12H,1H3. The summed E-state index contributed by atoms with van der Waals surface area (Å²) in [5.41, 5.74) is 1.65. The molecule has 0 aliphatic heterocycles. The van der Waals surface area contributed by atoms with Crippen molar-refractivity contribution in [3.63, 3.8) is 0 Å². The summed E-state index contributed by atoms with van der Waals surface area (Å²) in [5.74, 6) is 0. The van der Waals surface area contributed by atoms with E-state index in [1.165, 1.54) is 6.07 Å². The normalized spacial score (nSPS) is 9.17. The van der Waals surface area contributed by atoms with Crippen LogP contribution in [0.1, 0.15) is 11.1 Å². The number of nitrogens with zero attached hydrogens (tertiary/aromatic N) is 1. The van der Waals surface area contributed by atoms with Crippen LogP contribution in [0, 0.1) is 18.3 Å². The van der Waals surface area contributed by atoms with Crippen LogP contribution in [0.3, 0.4) is 0 Å². The SMILES string of the molecule is Cc1ccc(B(O)O)cc1C#N. The minimum atomic E-state index is -1.50. The molecule has 1 rings (SSSR count). The van der Waals surface area contributed by atoms with Gasteiger partial charge in [-0.1, -0.05) is 12.1 Å². The smallest absolute Gasteiger partial charge is 0.423 e. The van der Waals surface area contributed by atoms with E-state index in [0.29, 0.717) is 11.0 Å². The summed E-state index contributed by atoms with van der Waals surface area (Å²) in [7, 11) is -1.50. The molecule has 0 saturated carbocycles. The zero-order valence-electron chi connectivity index (χ0n) is 6.65. The fourth-order valence-electron chi connectivity index (χ4n) is 0.921. The van der Waals surface area contributed by atoms with Crippen molar-refractivity contribution in [3.05, 3.63) is 29.3 Å². The maximum Gasteiger partial charge on any atom is 0.488 e. The molecule has 60 valence electrons. The molecule has 3 nitrogen and oxygen atoms in total. The van der Waals surface area contributed by atoms with Gasteiger partial charge in [0.15, 0.2) is 0 Å². The van der Waals surface area contributed by atoms with Gasteiger partial charge in [-0.2, -0.15) is 5.26 Å². The van der Waals surface area contributed by atoms with Crippen molar-refractivity contribution in [2.45, 2.75) is 6.92 Å². The van der Waals surface area contributed by atoms with Crippen LogP contribution in [0.4, 0.5) is 0 Å². The fraction of sp³-hybridized carbons (Fsp3) is 0.125. The quantitative estimate of drug-likeness (QED) is 0.548. The summed E-state index contributed by atoms with van der Waals surface area (Å²) < 4.78 is 0. The first-order chi connectivity index (χ1) is 5.65. The summed E-state index contributed by atoms with van der Waals surface area (Å²) in [5, 5.41) is 26.2. The maximum atomic E-state index is 8.78. The highest BCUT2D eigenvalue weighted by atomic mass is 16.4. The second kappa shape index (κ2) is 3.39. The molecule has 2 N–H and O–H groups in total. The fourth-order valence-corrected chi connectivity index (χ4v) is 0.921. The van der Waals surface area contributed by atoms with Crippen molar-refractivity contribution in [2.24, 2.45) is 0 Å². The summed E-state index contributed by atoms with van der Waals surface area (Å²) in [4.78, 5) is 0. The Morgan fingerprint density at radius 2 is 2.08 bits per heavy atom. The Morgan fingerprint density at radius 1 is 1.42 bits per heavy atom. The predicted molar refractivity (Wildman–Crippen MR) is 45.7 cm³/mol. The third kappa shape index (κ3) is 1.64. The van der Waals surface area contributed by atoms with Crippen molar-refractivity contribution < 1.29 is 10.0 Å². The molecule has 0 radical (unpaired) electrons. The van der Waals surface area contributed by atoms with Gasteiger partial charge in [0.25, 0.3) is 0 Å². The van der Waals surface area contributed by atoms with Crippen molar-refractivity contribution >= 4 is 12.6 Å². The predicted octanol–water partition coefficient (Wildman–Crippen LogP) is -0.454. The van der Waals surface area contributed by atoms with E-state index in [0.717, 1.165) is 5.56 Å². The Bertz CT molecular complexity index is 330. The Balaban J connectivity index is 3.16. The Morgan fingerprint density at radius 3 is 2.58 bits per heavy atom. The van der Waals surface area contributed by atoms with E-state index in [2.05, 4.69) is 0 Å². The van der Waals surface area contributed by atoms with Crippen LogP contribution in [0.15, 0.2) is 18.2 Å². The Labute approximate surface area is 71.0 Å². The molecule has 1 aromatic carbocycles. The molecular weight excluding hydrogens is 153 g/mol. The van der Waals surface area contributed by atoms with Gasteiger partial charge >= 0.3 is 7.12 Å². The van der Waals surface area contributed by atoms with E-state index in [-0.39, 0.29) is 0 Å². The highest BCUT2D eigenvalue weighted by Crippen LogP contribution is 2.03. The van der Waals surface area contributed by atoms with E-state index < -0.39 is 7.12 Å². The first-order valence-electron chi connectivity index (χ1n) is 3.52. The highest BCUT2D eigenvalue weighted by molar-refractivity contribution is 6.58. The molecule has 0 bridgehead atoms. The van der Waals surface area contributed by atoms with Gasteiger partial charge in [0.05, 0.1) is 11.6 Å². The number of nitriles is 1. The van der Waals surface area contributed by atoms with Crippen molar-refractivity contribution in [1.29, 1.82) is 5.26 Å². The van der Waals surface area contributed by atoms with Crippen LogP contribution in [-0.4, -0.2) is 17.2 Å². The van der Waals surface area contributed by atoms with E-state index in [1.807, 2.05) is 6.07 Å². The summed E-state index contributed by atoms with van der Waals surface area (Å²) >= 11 is 0. The van der Waals surface area contributed by atoms with Gasteiger partial charge in [-0.25, -0.2) is 0 Å². The van der Waals surface area contributed by atoms with Gasteiger partial charge in [-0.05, 0) is 24.0 Å². The van der Waals surface area contributed by atoms with Crippen LogP contribution < -0.4 is 5.46 Å². The molecule has 0 aromatic heterocycles. The van der Waals surface area contributed by atoms with Crippen molar-refractivity contribution in [1.82, 2.24) is 0 Å². The van der Waals surface area contributed by atoms with Gasteiger partial charge in [0.2, 0.25) is 0 Å². The molecule has 0 unspecified atom stereocenters. The largest absolute Gasteiger partial charge is 0.488 e. The molecule has 4 heteroatoms. The van der Waals surface area contributed by atoms with Crippen LogP contribution in [0.2, 0.25) is 0 Å². The van der Waals surface area contributed by atoms with E-state index in [1.54, 1.807) is 19.1 Å². The second-order valence-corrected chi connectivity index (χ2v) is 2.56. The molecule has 0 aliphatic rings. The lowest BCUT2D eigenvalue weighted by Gasteiger charge is -2.01. The molecule has 0 aliphatic carbocycles. The summed E-state index contributed by atoms with van der Waals surface area (Å²) in [6.07, 6.45) is 0. The zero-order chi connectivity index (χ0) is 9.14. The molecule has 0 saturated heterocycles. The zero-order valence-corrected chi connectivity index (χ0v) is 6.65. The lowest BCUT2D eigenvalue weighted by molar-refractivity contribution is 0.426. The Hall–Kier alpha value is -1.31. The summed E-state index contributed by atoms with van der Waals surface area (Å²) in [6.45, 7) is 1.80.